The molecule has 11 heteroatoms. The molecule has 1 fully saturated rings. The number of hydrogen-bond acceptors (Lipinski definition) is 5. The van der Waals surface area contributed by atoms with Crippen LogP contribution >= 0.6 is 0 Å². The monoisotopic (exact) mass is 485 g/mol. The van der Waals surface area contributed by atoms with Crippen LogP contribution in [0.3, 0.4) is 0 Å². The van der Waals surface area contributed by atoms with E-state index in [4.69, 9.17) is 0 Å². The fourth-order valence-electron chi connectivity index (χ4n) is 3.86. The van der Waals surface area contributed by atoms with E-state index >= 15 is 0 Å². The van der Waals surface area contributed by atoms with Gasteiger partial charge < -0.3 is 10.6 Å². The molecule has 1 aliphatic heterocycles. The first-order chi connectivity index (χ1) is 16.2. The minimum atomic E-state index is -3.69. The number of nitrogens with one attached hydrogen (secondary N) is 3. The Bertz CT molecular complexity index is 1280. The Kier molecular flexibility index (Phi) is 6.75. The van der Waals surface area contributed by atoms with Gasteiger partial charge in [-0.1, -0.05) is 0 Å². The summed E-state index contributed by atoms with van der Waals surface area (Å²) in [4.78, 5) is 24.1. The van der Waals surface area contributed by atoms with Gasteiger partial charge in [0.25, 0.3) is 5.91 Å². The van der Waals surface area contributed by atoms with Gasteiger partial charge in [-0.05, 0) is 61.4 Å². The quantitative estimate of drug-likeness (QED) is 0.495. The van der Waals surface area contributed by atoms with Gasteiger partial charge in [-0.2, -0.15) is 9.40 Å². The van der Waals surface area contributed by atoms with Crippen molar-refractivity contribution in [1.82, 2.24) is 19.8 Å². The highest BCUT2D eigenvalue weighted by Gasteiger charge is 2.30. The maximum atomic E-state index is 13.2. The number of sulfonamides is 1. The number of carbonyl (C=O) groups is 2. The molecule has 1 saturated heterocycles. The van der Waals surface area contributed by atoms with Gasteiger partial charge >= 0.3 is 0 Å². The number of H-pyrrole nitrogens is 1. The molecule has 0 atom stereocenters. The second-order valence-electron chi connectivity index (χ2n) is 8.02. The highest BCUT2D eigenvalue weighted by molar-refractivity contribution is 7.89. The normalized spacial score (nSPS) is 15.1. The Labute approximate surface area is 196 Å². The highest BCUT2D eigenvalue weighted by Crippen LogP contribution is 2.24. The fourth-order valence-corrected chi connectivity index (χ4v) is 5.33. The van der Waals surface area contributed by atoms with Crippen molar-refractivity contribution in [2.75, 3.05) is 18.4 Å². The number of anilines is 1. The van der Waals surface area contributed by atoms with Crippen molar-refractivity contribution < 1.29 is 22.4 Å². The number of halogens is 1. The molecule has 2 aromatic carbocycles. The first-order valence-corrected chi connectivity index (χ1v) is 12.2. The van der Waals surface area contributed by atoms with Crippen LogP contribution in [0.1, 0.15) is 30.1 Å². The average molecular weight is 486 g/mol. The molecule has 0 unspecified atom stereocenters. The van der Waals surface area contributed by atoms with Crippen LogP contribution in [0, 0.1) is 5.82 Å². The smallest absolute Gasteiger partial charge is 0.255 e. The first kappa shape index (κ1) is 23.6. The third-order valence-corrected chi connectivity index (χ3v) is 7.53. The summed E-state index contributed by atoms with van der Waals surface area (Å²) >= 11 is 0. The van der Waals surface area contributed by atoms with E-state index in [9.17, 15) is 22.4 Å². The van der Waals surface area contributed by atoms with E-state index < -0.39 is 10.0 Å². The van der Waals surface area contributed by atoms with Crippen molar-refractivity contribution in [3.8, 4) is 11.3 Å². The Morgan fingerprint density at radius 1 is 1.06 bits per heavy atom. The lowest BCUT2D eigenvalue weighted by Crippen LogP contribution is -2.46. The number of benzene rings is 2. The number of aromatic nitrogens is 2. The highest BCUT2D eigenvalue weighted by atomic mass is 32.2. The van der Waals surface area contributed by atoms with Gasteiger partial charge in [0.2, 0.25) is 15.9 Å². The molecule has 4 rings (SSSR count). The van der Waals surface area contributed by atoms with Gasteiger partial charge in [-0.3, -0.25) is 14.7 Å². The third-order valence-electron chi connectivity index (χ3n) is 5.62. The minimum absolute atomic E-state index is 0.145. The van der Waals surface area contributed by atoms with Crippen LogP contribution in [0.2, 0.25) is 0 Å². The maximum absolute atomic E-state index is 13.2. The largest absolute Gasteiger partial charge is 0.349 e. The molecule has 178 valence electrons. The van der Waals surface area contributed by atoms with Gasteiger partial charge in [0.1, 0.15) is 5.82 Å². The van der Waals surface area contributed by atoms with E-state index in [0.717, 1.165) is 0 Å². The summed E-state index contributed by atoms with van der Waals surface area (Å²) in [5, 5.41) is 12.3. The number of hydrogen-bond donors (Lipinski definition) is 3. The number of carbonyl (C=O) groups excluding carboxylic acids is 2. The SMILES string of the molecule is CC(=O)Nc1ccc(S(=O)(=O)N2CCC(NC(=O)c3cn[nH]c3-c3ccc(F)cc3)CC2)cc1. The van der Waals surface area contributed by atoms with Gasteiger partial charge in [0.05, 0.1) is 22.3 Å². The number of rotatable bonds is 6. The molecule has 1 aliphatic rings. The van der Waals surface area contributed by atoms with Crippen LogP contribution in [0.4, 0.5) is 10.1 Å². The lowest BCUT2D eigenvalue weighted by Gasteiger charge is -2.31. The molecule has 3 N–H and O–H groups in total. The Balaban J connectivity index is 1.37. The summed E-state index contributed by atoms with van der Waals surface area (Å²) < 4.78 is 40.6. The lowest BCUT2D eigenvalue weighted by atomic mass is 10.0. The Morgan fingerprint density at radius 3 is 2.32 bits per heavy atom. The predicted molar refractivity (Wildman–Crippen MR) is 124 cm³/mol. The molecule has 2 amide bonds. The van der Waals surface area contributed by atoms with E-state index in [1.165, 1.54) is 41.7 Å². The van der Waals surface area contributed by atoms with Gasteiger partial charge in [0.15, 0.2) is 0 Å². The van der Waals surface area contributed by atoms with Crippen LogP contribution in [0.5, 0.6) is 0 Å². The van der Waals surface area contributed by atoms with Crippen LogP contribution < -0.4 is 10.6 Å². The van der Waals surface area contributed by atoms with Crippen molar-refractivity contribution in [2.24, 2.45) is 0 Å². The van der Waals surface area contributed by atoms with Crippen molar-refractivity contribution in [3.05, 3.63) is 66.1 Å². The van der Waals surface area contributed by atoms with Crippen molar-refractivity contribution >= 4 is 27.5 Å². The molecule has 0 bridgehead atoms. The third kappa shape index (κ3) is 5.15. The summed E-state index contributed by atoms with van der Waals surface area (Å²) in [5.74, 6) is -0.942. The fraction of sp³-hybridized carbons (Fsp3) is 0.261. The molecule has 0 aliphatic carbocycles. The van der Waals surface area contributed by atoms with Crippen LogP contribution in [-0.2, 0) is 14.8 Å². The molecular formula is C23H24FN5O4S. The van der Waals surface area contributed by atoms with Gasteiger partial charge in [-0.25, -0.2) is 12.8 Å². The van der Waals surface area contributed by atoms with Crippen LogP contribution in [0.25, 0.3) is 11.3 Å². The second kappa shape index (κ2) is 9.74. The van der Waals surface area contributed by atoms with E-state index in [2.05, 4.69) is 20.8 Å². The van der Waals surface area contributed by atoms with Crippen LogP contribution in [-0.4, -0.2) is 53.9 Å². The molecule has 34 heavy (non-hydrogen) atoms. The standard InChI is InChI=1S/C23H24FN5O4S/c1-15(30)26-18-6-8-20(9-7-18)34(32,33)29-12-10-19(11-13-29)27-23(31)21-14-25-28-22(21)16-2-4-17(24)5-3-16/h2-9,14,19H,10-13H2,1H3,(H,25,28)(H,26,30)(H,27,31). The van der Waals surface area contributed by atoms with E-state index in [0.29, 0.717) is 35.3 Å². The summed E-state index contributed by atoms with van der Waals surface area (Å²) in [6.07, 6.45) is 2.33. The van der Waals surface area contributed by atoms with Crippen molar-refractivity contribution in [3.63, 3.8) is 0 Å². The number of piperidine rings is 1. The topological polar surface area (TPSA) is 124 Å². The Morgan fingerprint density at radius 2 is 1.71 bits per heavy atom. The lowest BCUT2D eigenvalue weighted by molar-refractivity contribution is -0.114. The molecule has 3 aromatic rings. The molecule has 9 nitrogen and oxygen atoms in total. The molecule has 0 radical (unpaired) electrons. The minimum Gasteiger partial charge on any atom is -0.349 e. The number of amides is 2. The molecule has 0 saturated carbocycles. The van der Waals surface area contributed by atoms with E-state index in [1.807, 2.05) is 0 Å². The molecule has 0 spiro atoms. The summed E-state index contributed by atoms with van der Waals surface area (Å²) in [6, 6.07) is 11.6. The van der Waals surface area contributed by atoms with Crippen LogP contribution in [0.15, 0.2) is 59.6 Å². The zero-order chi connectivity index (χ0) is 24.3. The molecular weight excluding hydrogens is 461 g/mol. The van der Waals surface area contributed by atoms with E-state index in [1.54, 1.807) is 24.3 Å². The zero-order valence-electron chi connectivity index (χ0n) is 18.4. The average Bonchev–Trinajstić information content (AvgIpc) is 3.30. The summed E-state index contributed by atoms with van der Waals surface area (Å²) in [5.41, 5.74) is 1.97. The van der Waals surface area contributed by atoms with Gasteiger partial charge in [-0.15, -0.1) is 0 Å². The molecule has 1 aromatic heterocycles. The zero-order valence-corrected chi connectivity index (χ0v) is 19.2. The molecule has 2 heterocycles. The number of nitrogens with zero attached hydrogens (tertiary/aromatic N) is 2. The van der Waals surface area contributed by atoms with Crippen molar-refractivity contribution in [2.45, 2.75) is 30.7 Å². The summed E-state index contributed by atoms with van der Waals surface area (Å²) in [7, 11) is -3.69. The predicted octanol–water partition coefficient (Wildman–Crippen LogP) is 2.76. The maximum Gasteiger partial charge on any atom is 0.255 e. The summed E-state index contributed by atoms with van der Waals surface area (Å²) in [6.45, 7) is 1.90. The first-order valence-electron chi connectivity index (χ1n) is 10.7. The van der Waals surface area contributed by atoms with Gasteiger partial charge in [0, 0.05) is 37.3 Å². The second-order valence-corrected chi connectivity index (χ2v) is 9.96. The number of aromatic amines is 1. The van der Waals surface area contributed by atoms with E-state index in [-0.39, 0.29) is 41.7 Å². The Hall–Kier alpha value is -3.57. The van der Waals surface area contributed by atoms with Crippen molar-refractivity contribution in [1.29, 1.82) is 0 Å².